The fourth-order valence-corrected chi connectivity index (χ4v) is 5.24. The zero-order valence-electron chi connectivity index (χ0n) is 20.2. The second-order valence-electron chi connectivity index (χ2n) is 8.70. The Morgan fingerprint density at radius 1 is 1.14 bits per heavy atom. The van der Waals surface area contributed by atoms with Gasteiger partial charge in [-0.05, 0) is 74.9 Å². The minimum Gasteiger partial charge on any atom is -0.491 e. The average molecular weight is 516 g/mol. The van der Waals surface area contributed by atoms with Gasteiger partial charge in [-0.15, -0.1) is 0 Å². The molecular weight excluding hydrogens is 490 g/mol. The predicted octanol–water partition coefficient (Wildman–Crippen LogP) is 6.63. The Morgan fingerprint density at radius 2 is 1.94 bits per heavy atom. The van der Waals surface area contributed by atoms with Gasteiger partial charge < -0.3 is 9.15 Å². The molecule has 2 aromatic heterocycles. The molecule has 182 valence electrons. The van der Waals surface area contributed by atoms with E-state index in [1.807, 2.05) is 92.3 Å². The number of rotatable bonds is 7. The number of hydrogen-bond donors (Lipinski definition) is 0. The normalized spacial score (nSPS) is 14.9. The second kappa shape index (κ2) is 10.2. The van der Waals surface area contributed by atoms with E-state index in [-0.39, 0.29) is 12.0 Å². The number of aryl methyl sites for hydroxylation is 1. The first-order valence-corrected chi connectivity index (χ1v) is 12.8. The SMILES string of the molecule is Cc1cc(OC(C)C)ccc1-c1nn(-c2ccccc2)cc1C=C1SC(=S)N(Cc2ccco2)C1=O. The van der Waals surface area contributed by atoms with Crippen LogP contribution in [0.3, 0.4) is 0 Å². The van der Waals surface area contributed by atoms with E-state index in [4.69, 9.17) is 26.5 Å². The van der Waals surface area contributed by atoms with Gasteiger partial charge in [0, 0.05) is 17.3 Å². The zero-order chi connectivity index (χ0) is 25.2. The summed E-state index contributed by atoms with van der Waals surface area (Å²) in [5.74, 6) is 1.36. The fraction of sp³-hybridized carbons (Fsp3) is 0.179. The number of amides is 1. The third-order valence-corrected chi connectivity index (χ3v) is 7.02. The van der Waals surface area contributed by atoms with Gasteiger partial charge in [-0.2, -0.15) is 5.10 Å². The van der Waals surface area contributed by atoms with Crippen molar-refractivity contribution >= 4 is 40.3 Å². The molecule has 8 heteroatoms. The van der Waals surface area contributed by atoms with Gasteiger partial charge in [0.2, 0.25) is 0 Å². The van der Waals surface area contributed by atoms with Crippen molar-refractivity contribution in [2.75, 3.05) is 0 Å². The second-order valence-corrected chi connectivity index (χ2v) is 10.4. The Bertz CT molecular complexity index is 1440. The summed E-state index contributed by atoms with van der Waals surface area (Å²) in [6.45, 7) is 6.36. The smallest absolute Gasteiger partial charge is 0.266 e. The Labute approximate surface area is 219 Å². The molecule has 5 rings (SSSR count). The molecule has 3 heterocycles. The van der Waals surface area contributed by atoms with Crippen molar-refractivity contribution in [3.05, 3.63) is 94.9 Å². The first kappa shape index (κ1) is 24.1. The van der Waals surface area contributed by atoms with Crippen LogP contribution >= 0.6 is 24.0 Å². The number of thiocarbonyl (C=S) groups is 1. The molecular formula is C28H25N3O3S2. The maximum atomic E-state index is 13.2. The Hall–Kier alpha value is -3.62. The summed E-state index contributed by atoms with van der Waals surface area (Å²) < 4.78 is 13.6. The number of furan rings is 1. The van der Waals surface area contributed by atoms with Crippen LogP contribution in [0, 0.1) is 6.92 Å². The third kappa shape index (κ3) is 5.01. The minimum atomic E-state index is -0.141. The summed E-state index contributed by atoms with van der Waals surface area (Å²) in [5.41, 5.74) is 4.55. The van der Waals surface area contributed by atoms with E-state index in [0.717, 1.165) is 33.8 Å². The molecule has 1 aliphatic rings. The highest BCUT2D eigenvalue weighted by molar-refractivity contribution is 8.26. The standard InChI is InChI=1S/C28H25N3O3S2/c1-18(2)34-22-11-12-24(19(3)14-22)26-20(16-31(29-26)21-8-5-4-6-9-21)15-25-27(32)30(28(35)36-25)17-23-10-7-13-33-23/h4-16,18H,17H2,1-3H3. The van der Waals surface area contributed by atoms with Gasteiger partial charge in [-0.25, -0.2) is 4.68 Å². The van der Waals surface area contributed by atoms with Crippen LogP contribution in [0.5, 0.6) is 5.75 Å². The molecule has 1 aliphatic heterocycles. The number of thioether (sulfide) groups is 1. The molecule has 0 unspecified atom stereocenters. The molecule has 36 heavy (non-hydrogen) atoms. The average Bonchev–Trinajstić information content (AvgIpc) is 3.57. The van der Waals surface area contributed by atoms with Crippen LogP contribution in [0.4, 0.5) is 0 Å². The summed E-state index contributed by atoms with van der Waals surface area (Å²) in [6.07, 6.45) is 5.50. The van der Waals surface area contributed by atoms with Gasteiger partial charge in [0.15, 0.2) is 0 Å². The molecule has 0 spiro atoms. The van der Waals surface area contributed by atoms with Crippen LogP contribution in [0.25, 0.3) is 23.0 Å². The third-order valence-electron chi connectivity index (χ3n) is 5.64. The van der Waals surface area contributed by atoms with Crippen LogP contribution in [-0.4, -0.2) is 31.0 Å². The summed E-state index contributed by atoms with van der Waals surface area (Å²) in [5, 5.41) is 4.92. The zero-order valence-corrected chi connectivity index (χ0v) is 21.8. The van der Waals surface area contributed by atoms with Crippen LogP contribution in [0.2, 0.25) is 0 Å². The van der Waals surface area contributed by atoms with Crippen LogP contribution in [0.1, 0.15) is 30.7 Å². The summed E-state index contributed by atoms with van der Waals surface area (Å²) in [7, 11) is 0. The van der Waals surface area contributed by atoms with Crippen LogP contribution in [0.15, 0.2) is 82.4 Å². The Morgan fingerprint density at radius 3 is 2.64 bits per heavy atom. The molecule has 4 aromatic rings. The van der Waals surface area contributed by atoms with Crippen LogP contribution in [-0.2, 0) is 11.3 Å². The van der Waals surface area contributed by atoms with E-state index in [0.29, 0.717) is 21.5 Å². The molecule has 0 radical (unpaired) electrons. The number of ether oxygens (including phenoxy) is 1. The highest BCUT2D eigenvalue weighted by Gasteiger charge is 2.33. The van der Waals surface area contributed by atoms with Gasteiger partial charge in [0.05, 0.1) is 29.5 Å². The van der Waals surface area contributed by atoms with Crippen molar-refractivity contribution in [3.63, 3.8) is 0 Å². The van der Waals surface area contributed by atoms with E-state index in [9.17, 15) is 4.79 Å². The molecule has 0 aliphatic carbocycles. The lowest BCUT2D eigenvalue weighted by molar-refractivity contribution is -0.122. The molecule has 0 atom stereocenters. The number of carbonyl (C=O) groups is 1. The van der Waals surface area contributed by atoms with Gasteiger partial charge in [0.25, 0.3) is 5.91 Å². The molecule has 0 bridgehead atoms. The summed E-state index contributed by atoms with van der Waals surface area (Å²) in [4.78, 5) is 15.4. The molecule has 2 aromatic carbocycles. The molecule has 6 nitrogen and oxygen atoms in total. The van der Waals surface area contributed by atoms with Gasteiger partial charge in [-0.3, -0.25) is 9.69 Å². The predicted molar refractivity (Wildman–Crippen MR) is 147 cm³/mol. The number of nitrogens with zero attached hydrogens (tertiary/aromatic N) is 3. The number of benzene rings is 2. The van der Waals surface area contributed by atoms with Crippen molar-refractivity contribution in [1.82, 2.24) is 14.7 Å². The molecule has 0 saturated carbocycles. The Balaban J connectivity index is 1.54. The maximum absolute atomic E-state index is 13.2. The minimum absolute atomic E-state index is 0.0891. The first-order chi connectivity index (χ1) is 17.4. The van der Waals surface area contributed by atoms with Gasteiger partial charge in [-0.1, -0.05) is 42.2 Å². The maximum Gasteiger partial charge on any atom is 0.266 e. The number of para-hydroxylation sites is 1. The number of aromatic nitrogens is 2. The van der Waals surface area contributed by atoms with E-state index >= 15 is 0 Å². The highest BCUT2D eigenvalue weighted by Crippen LogP contribution is 2.36. The van der Waals surface area contributed by atoms with Gasteiger partial charge >= 0.3 is 0 Å². The summed E-state index contributed by atoms with van der Waals surface area (Å²) >= 11 is 6.80. The van der Waals surface area contributed by atoms with Gasteiger partial charge in [0.1, 0.15) is 21.5 Å². The van der Waals surface area contributed by atoms with Crippen molar-refractivity contribution in [2.45, 2.75) is 33.4 Å². The lowest BCUT2D eigenvalue weighted by Crippen LogP contribution is -2.27. The molecule has 1 amide bonds. The molecule has 0 N–H and O–H groups in total. The van der Waals surface area contributed by atoms with E-state index in [1.54, 1.807) is 17.2 Å². The topological polar surface area (TPSA) is 60.5 Å². The van der Waals surface area contributed by atoms with E-state index in [2.05, 4.69) is 0 Å². The largest absolute Gasteiger partial charge is 0.491 e. The lowest BCUT2D eigenvalue weighted by atomic mass is 10.0. The quantitative estimate of drug-likeness (QED) is 0.203. The summed E-state index contributed by atoms with van der Waals surface area (Å²) in [6, 6.07) is 19.5. The van der Waals surface area contributed by atoms with Crippen molar-refractivity contribution in [2.24, 2.45) is 0 Å². The van der Waals surface area contributed by atoms with Crippen molar-refractivity contribution in [1.29, 1.82) is 0 Å². The fourth-order valence-electron chi connectivity index (χ4n) is 4.00. The lowest BCUT2D eigenvalue weighted by Gasteiger charge is -2.12. The van der Waals surface area contributed by atoms with E-state index in [1.165, 1.54) is 11.8 Å². The molecule has 1 saturated heterocycles. The number of carbonyl (C=O) groups excluding carboxylic acids is 1. The van der Waals surface area contributed by atoms with E-state index < -0.39 is 0 Å². The monoisotopic (exact) mass is 515 g/mol. The van der Waals surface area contributed by atoms with Crippen molar-refractivity contribution in [3.8, 4) is 22.7 Å². The van der Waals surface area contributed by atoms with Crippen LogP contribution < -0.4 is 4.74 Å². The molecule has 1 fully saturated rings. The van der Waals surface area contributed by atoms with Crippen molar-refractivity contribution < 1.29 is 13.9 Å². The Kier molecular flexibility index (Phi) is 6.80. The first-order valence-electron chi connectivity index (χ1n) is 11.6. The highest BCUT2D eigenvalue weighted by atomic mass is 32.2. The number of hydrogen-bond acceptors (Lipinski definition) is 6.